The minimum absolute atomic E-state index is 0.0975. The minimum Gasteiger partial charge on any atom is -0.358 e. The molecule has 3 heteroatoms. The summed E-state index contributed by atoms with van der Waals surface area (Å²) in [4.78, 5) is 11.0. The first-order valence-corrected chi connectivity index (χ1v) is 6.22. The van der Waals surface area contributed by atoms with Gasteiger partial charge in [0.05, 0.1) is 5.75 Å². The van der Waals surface area contributed by atoms with Crippen LogP contribution in [0.3, 0.4) is 0 Å². The van der Waals surface area contributed by atoms with Crippen LogP contribution in [0.15, 0.2) is 30.3 Å². The topological polar surface area (TPSA) is 29.1 Å². The monoisotopic (exact) mass is 223 g/mol. The normalized spacial score (nSPS) is 12.1. The van der Waals surface area contributed by atoms with Gasteiger partial charge < -0.3 is 5.32 Å². The molecule has 0 saturated heterocycles. The molecule has 0 bridgehead atoms. The molecule has 0 aliphatic rings. The van der Waals surface area contributed by atoms with Crippen LogP contribution in [0.4, 0.5) is 0 Å². The number of amides is 1. The maximum absolute atomic E-state index is 11.0. The van der Waals surface area contributed by atoms with Crippen LogP contribution in [0, 0.1) is 0 Å². The molecule has 82 valence electrons. The van der Waals surface area contributed by atoms with Gasteiger partial charge in [0, 0.05) is 12.8 Å². The first-order chi connectivity index (χ1) is 7.24. The van der Waals surface area contributed by atoms with E-state index in [-0.39, 0.29) is 5.91 Å². The number of thioether (sulfide) groups is 1. The first kappa shape index (κ1) is 12.1. The summed E-state index contributed by atoms with van der Waals surface area (Å²) in [7, 11) is 1.67. The van der Waals surface area contributed by atoms with Crippen LogP contribution in [-0.2, 0) is 4.79 Å². The number of hydrogen-bond donors (Lipinski definition) is 1. The zero-order chi connectivity index (χ0) is 11.1. The zero-order valence-electron chi connectivity index (χ0n) is 9.19. The van der Waals surface area contributed by atoms with E-state index in [4.69, 9.17) is 0 Å². The maximum atomic E-state index is 11.0. The van der Waals surface area contributed by atoms with E-state index >= 15 is 0 Å². The summed E-state index contributed by atoms with van der Waals surface area (Å²) in [5.74, 6) is 2.13. The molecule has 0 fully saturated rings. The smallest absolute Gasteiger partial charge is 0.229 e. The van der Waals surface area contributed by atoms with Gasteiger partial charge in [0.2, 0.25) is 5.91 Å². The Balaban J connectivity index is 2.31. The predicted octanol–water partition coefficient (Wildman–Crippen LogP) is 2.27. The van der Waals surface area contributed by atoms with E-state index in [2.05, 4.69) is 36.5 Å². The van der Waals surface area contributed by atoms with E-state index in [1.165, 1.54) is 5.56 Å². The minimum atomic E-state index is 0.0975. The van der Waals surface area contributed by atoms with Crippen LogP contribution in [0.5, 0.6) is 0 Å². The van der Waals surface area contributed by atoms with Gasteiger partial charge >= 0.3 is 0 Å². The van der Waals surface area contributed by atoms with Crippen molar-refractivity contribution in [3.63, 3.8) is 0 Å². The van der Waals surface area contributed by atoms with Gasteiger partial charge in [-0.3, -0.25) is 4.79 Å². The van der Waals surface area contributed by atoms with Crippen molar-refractivity contribution in [1.82, 2.24) is 5.32 Å². The van der Waals surface area contributed by atoms with Crippen molar-refractivity contribution >= 4 is 17.7 Å². The number of carbonyl (C=O) groups excluding carboxylic acids is 1. The van der Waals surface area contributed by atoms with Crippen molar-refractivity contribution in [1.29, 1.82) is 0 Å². The fourth-order valence-corrected chi connectivity index (χ4v) is 2.27. The van der Waals surface area contributed by atoms with E-state index in [0.29, 0.717) is 11.7 Å². The molecule has 0 unspecified atom stereocenters. The summed E-state index contributed by atoms with van der Waals surface area (Å²) in [5, 5.41) is 2.62. The summed E-state index contributed by atoms with van der Waals surface area (Å²) in [6.45, 7) is 2.19. The molecule has 0 spiro atoms. The molecular formula is C12H17NOS. The van der Waals surface area contributed by atoms with E-state index in [9.17, 15) is 4.79 Å². The molecule has 0 heterocycles. The summed E-state index contributed by atoms with van der Waals surface area (Å²) in [6, 6.07) is 10.4. The van der Waals surface area contributed by atoms with E-state index < -0.39 is 0 Å². The van der Waals surface area contributed by atoms with Gasteiger partial charge in [0.25, 0.3) is 0 Å². The lowest BCUT2D eigenvalue weighted by Gasteiger charge is -2.10. The van der Waals surface area contributed by atoms with Crippen molar-refractivity contribution in [2.75, 3.05) is 18.6 Å². The second-order valence-electron chi connectivity index (χ2n) is 3.50. The van der Waals surface area contributed by atoms with Crippen LogP contribution in [-0.4, -0.2) is 24.5 Å². The number of carbonyl (C=O) groups is 1. The first-order valence-electron chi connectivity index (χ1n) is 5.07. The van der Waals surface area contributed by atoms with Gasteiger partial charge in [0.15, 0.2) is 0 Å². The number of nitrogens with one attached hydrogen (secondary N) is 1. The van der Waals surface area contributed by atoms with Gasteiger partial charge in [-0.1, -0.05) is 37.3 Å². The second-order valence-corrected chi connectivity index (χ2v) is 4.53. The van der Waals surface area contributed by atoms with Crippen molar-refractivity contribution in [2.45, 2.75) is 12.8 Å². The third-order valence-corrected chi connectivity index (χ3v) is 3.45. The average Bonchev–Trinajstić information content (AvgIpc) is 2.29. The van der Waals surface area contributed by atoms with Crippen molar-refractivity contribution in [3.05, 3.63) is 35.9 Å². The fourth-order valence-electron chi connectivity index (χ4n) is 1.28. The van der Waals surface area contributed by atoms with Gasteiger partial charge in [-0.15, -0.1) is 0 Å². The highest BCUT2D eigenvalue weighted by Gasteiger charge is 2.06. The molecule has 1 rings (SSSR count). The third-order valence-electron chi connectivity index (χ3n) is 2.25. The van der Waals surface area contributed by atoms with Crippen molar-refractivity contribution in [3.8, 4) is 0 Å². The molecule has 1 N–H and O–H groups in total. The number of rotatable bonds is 5. The molecule has 0 aliphatic heterocycles. The summed E-state index contributed by atoms with van der Waals surface area (Å²) in [5.41, 5.74) is 1.34. The lowest BCUT2D eigenvalue weighted by molar-refractivity contribution is -0.118. The molecule has 1 aromatic carbocycles. The van der Waals surface area contributed by atoms with Crippen LogP contribution in [0.2, 0.25) is 0 Å². The standard InChI is InChI=1S/C12H17NOS/c1-10(8-15-9-12(14)13-2)11-6-4-3-5-7-11/h3-7,10H,8-9H2,1-2H3,(H,13,14)/t10-/m1/s1. The Morgan fingerprint density at radius 1 is 1.40 bits per heavy atom. The maximum Gasteiger partial charge on any atom is 0.229 e. The van der Waals surface area contributed by atoms with Crippen LogP contribution in [0.25, 0.3) is 0 Å². The van der Waals surface area contributed by atoms with Gasteiger partial charge in [-0.05, 0) is 11.5 Å². The molecule has 1 amide bonds. The number of benzene rings is 1. The Labute approximate surface area is 95.5 Å². The van der Waals surface area contributed by atoms with E-state index in [1.54, 1.807) is 18.8 Å². The molecular weight excluding hydrogens is 206 g/mol. The lowest BCUT2D eigenvalue weighted by Crippen LogP contribution is -2.20. The van der Waals surface area contributed by atoms with Crippen LogP contribution >= 0.6 is 11.8 Å². The van der Waals surface area contributed by atoms with Crippen molar-refractivity contribution in [2.24, 2.45) is 0 Å². The Morgan fingerprint density at radius 3 is 2.67 bits per heavy atom. The molecule has 0 saturated carbocycles. The SMILES string of the molecule is CNC(=O)CSC[C@@H](C)c1ccccc1. The Morgan fingerprint density at radius 2 is 2.07 bits per heavy atom. The second kappa shape index (κ2) is 6.51. The summed E-state index contributed by atoms with van der Waals surface area (Å²) in [6.07, 6.45) is 0. The Bertz CT molecular complexity index is 300. The lowest BCUT2D eigenvalue weighted by atomic mass is 10.0. The van der Waals surface area contributed by atoms with Crippen LogP contribution in [0.1, 0.15) is 18.4 Å². The van der Waals surface area contributed by atoms with E-state index in [0.717, 1.165) is 5.75 Å². The highest BCUT2D eigenvalue weighted by Crippen LogP contribution is 2.19. The Hall–Kier alpha value is -0.960. The highest BCUT2D eigenvalue weighted by atomic mass is 32.2. The zero-order valence-corrected chi connectivity index (χ0v) is 10.0. The summed E-state index contributed by atoms with van der Waals surface area (Å²) >= 11 is 1.68. The molecule has 0 radical (unpaired) electrons. The third kappa shape index (κ3) is 4.38. The van der Waals surface area contributed by atoms with E-state index in [1.807, 2.05) is 6.07 Å². The van der Waals surface area contributed by atoms with Gasteiger partial charge in [-0.25, -0.2) is 0 Å². The quantitative estimate of drug-likeness (QED) is 0.829. The van der Waals surface area contributed by atoms with Gasteiger partial charge in [-0.2, -0.15) is 11.8 Å². The molecule has 2 nitrogen and oxygen atoms in total. The van der Waals surface area contributed by atoms with Crippen LogP contribution < -0.4 is 5.32 Å². The molecule has 15 heavy (non-hydrogen) atoms. The van der Waals surface area contributed by atoms with Gasteiger partial charge in [0.1, 0.15) is 0 Å². The number of hydrogen-bond acceptors (Lipinski definition) is 2. The molecule has 0 aliphatic carbocycles. The van der Waals surface area contributed by atoms with Crippen molar-refractivity contribution < 1.29 is 4.79 Å². The highest BCUT2D eigenvalue weighted by molar-refractivity contribution is 7.99. The molecule has 1 atom stereocenters. The summed E-state index contributed by atoms with van der Waals surface area (Å²) < 4.78 is 0. The molecule has 0 aromatic heterocycles. The molecule has 1 aromatic rings. The average molecular weight is 223 g/mol. The predicted molar refractivity (Wildman–Crippen MR) is 66.2 cm³/mol. The largest absolute Gasteiger partial charge is 0.358 e. The fraction of sp³-hybridized carbons (Fsp3) is 0.417. The Kier molecular flexibility index (Phi) is 5.26.